The van der Waals surface area contributed by atoms with Gasteiger partial charge in [-0.1, -0.05) is 18.2 Å². The molecular weight excluding hydrogens is 459 g/mol. The largest absolute Gasteiger partial charge is 0.459 e. The number of pyridine rings is 1. The van der Waals surface area contributed by atoms with Gasteiger partial charge in [-0.15, -0.1) is 0 Å². The summed E-state index contributed by atoms with van der Waals surface area (Å²) in [5.41, 5.74) is 3.43. The van der Waals surface area contributed by atoms with Crippen LogP contribution in [0.1, 0.15) is 23.3 Å². The van der Waals surface area contributed by atoms with Crippen molar-refractivity contribution in [2.75, 3.05) is 31.3 Å². The highest BCUT2D eigenvalue weighted by Gasteiger charge is 2.14. The van der Waals surface area contributed by atoms with Crippen molar-refractivity contribution in [2.24, 2.45) is 0 Å². The zero-order valence-corrected chi connectivity index (χ0v) is 20.5. The van der Waals surface area contributed by atoms with Crippen LogP contribution < -0.4 is 10.6 Å². The first-order chi connectivity index (χ1) is 16.5. The molecule has 0 saturated carbocycles. The van der Waals surface area contributed by atoms with E-state index in [0.29, 0.717) is 25.3 Å². The fourth-order valence-electron chi connectivity index (χ4n) is 3.14. The van der Waals surface area contributed by atoms with Gasteiger partial charge in [0.2, 0.25) is 5.91 Å². The van der Waals surface area contributed by atoms with Crippen LogP contribution in [0.25, 0.3) is 17.0 Å². The summed E-state index contributed by atoms with van der Waals surface area (Å²) in [6.45, 7) is 2.91. The summed E-state index contributed by atoms with van der Waals surface area (Å²) in [7, 11) is 4.94. The lowest BCUT2D eigenvalue weighted by Crippen LogP contribution is -2.24. The number of likely N-dealkylation sites (N-methyl/N-ethyl adjacent to an activating group) is 1. The molecule has 0 spiro atoms. The zero-order valence-electron chi connectivity index (χ0n) is 19.4. The highest BCUT2D eigenvalue weighted by Crippen LogP contribution is 2.26. The summed E-state index contributed by atoms with van der Waals surface area (Å²) in [4.78, 5) is 36.0. The summed E-state index contributed by atoms with van der Waals surface area (Å²) in [6.07, 6.45) is 6.20. The summed E-state index contributed by atoms with van der Waals surface area (Å²) in [5.74, 6) is 1.33. The molecule has 184 valence electrons. The number of rotatable bonds is 9. The van der Waals surface area contributed by atoms with Gasteiger partial charge in [0.1, 0.15) is 23.4 Å². The van der Waals surface area contributed by atoms with E-state index < -0.39 is 0 Å². The molecule has 1 atom stereocenters. The Hall–Kier alpha value is -3.30. The minimum atomic E-state index is -0.136. The quantitative estimate of drug-likeness (QED) is 0.0757. The maximum atomic E-state index is 12.6. The predicted molar refractivity (Wildman–Crippen MR) is 137 cm³/mol. The molecule has 0 aliphatic rings. The van der Waals surface area contributed by atoms with Gasteiger partial charge < -0.3 is 29.6 Å². The first kappa shape index (κ1) is 28.7. The van der Waals surface area contributed by atoms with E-state index in [1.165, 1.54) is 15.5 Å². The van der Waals surface area contributed by atoms with Crippen molar-refractivity contribution in [1.82, 2.24) is 9.88 Å². The molecule has 0 saturated heterocycles. The number of amides is 1. The van der Waals surface area contributed by atoms with Crippen LogP contribution >= 0.6 is 9.47 Å². The standard InChI is InChI=1S/C23H26N4O3.H2O2.H3OP/c1-16-18-7-4-5-8-20(18)30-21(16)15-27(3)22(29)10-9-17-13-19(25-11-6-12-28)23(24-2)26-14-17;2*1-2/h4-5,7-10,12-14,25H,6,11,15H2,1-3H3,(H,24,26);1-2H;1H,2H2/b10-9+;;. The van der Waals surface area contributed by atoms with Crippen LogP contribution in [0.3, 0.4) is 0 Å². The van der Waals surface area contributed by atoms with Crippen molar-refractivity contribution in [2.45, 2.75) is 19.9 Å². The summed E-state index contributed by atoms with van der Waals surface area (Å²) in [6, 6.07) is 9.73. The fraction of sp³-hybridized carbons (Fsp3) is 0.261. The molecule has 0 radical (unpaired) electrons. The number of anilines is 2. The Morgan fingerprint density at radius 3 is 2.62 bits per heavy atom. The van der Waals surface area contributed by atoms with Crippen LogP contribution in [0.5, 0.6) is 0 Å². The highest BCUT2D eigenvalue weighted by atomic mass is 31.0. The lowest BCUT2D eigenvalue weighted by Gasteiger charge is -2.14. The average molecular weight is 490 g/mol. The van der Waals surface area contributed by atoms with E-state index in [2.05, 4.69) is 15.6 Å². The molecule has 2 heterocycles. The van der Waals surface area contributed by atoms with Gasteiger partial charge in [-0.05, 0) is 40.2 Å². The van der Waals surface area contributed by atoms with Gasteiger partial charge in [0, 0.05) is 50.3 Å². The Morgan fingerprint density at radius 2 is 1.97 bits per heavy atom. The van der Waals surface area contributed by atoms with E-state index in [9.17, 15) is 9.59 Å². The number of hydrogen-bond acceptors (Lipinski definition) is 9. The van der Waals surface area contributed by atoms with Crippen molar-refractivity contribution < 1.29 is 29.4 Å². The van der Waals surface area contributed by atoms with Gasteiger partial charge >= 0.3 is 0 Å². The Kier molecular flexibility index (Phi) is 13.1. The number of aryl methyl sites for hydroxylation is 1. The smallest absolute Gasteiger partial charge is 0.246 e. The molecule has 3 aromatic rings. The van der Waals surface area contributed by atoms with Gasteiger partial charge in [0.25, 0.3) is 0 Å². The third-order valence-corrected chi connectivity index (χ3v) is 4.84. The second-order valence-electron chi connectivity index (χ2n) is 6.97. The van der Waals surface area contributed by atoms with Crippen molar-refractivity contribution in [3.63, 3.8) is 0 Å². The molecule has 1 unspecified atom stereocenters. The van der Waals surface area contributed by atoms with Crippen LogP contribution in [0.15, 0.2) is 47.0 Å². The zero-order chi connectivity index (χ0) is 25.5. The molecule has 10 nitrogen and oxygen atoms in total. The number of hydrogen-bond donors (Lipinski definition) is 5. The minimum absolute atomic E-state index is 0.136. The van der Waals surface area contributed by atoms with Crippen LogP contribution in [0.4, 0.5) is 11.5 Å². The normalized spacial score (nSPS) is 10.1. The SMILES string of the molecule is CNc1ncc(/C=C/C(=O)N(C)Cc2oc3ccccc3c2C)cc1NCCC=O.OO.OP. The third-order valence-electron chi connectivity index (χ3n) is 4.84. The maximum Gasteiger partial charge on any atom is 0.246 e. The van der Waals surface area contributed by atoms with Gasteiger partial charge in [0.15, 0.2) is 0 Å². The monoisotopic (exact) mass is 490 g/mol. The number of carbonyl (C=O) groups is 2. The number of aldehydes is 1. The molecule has 11 heteroatoms. The number of para-hydroxylation sites is 1. The van der Waals surface area contributed by atoms with Crippen LogP contribution in [-0.4, -0.2) is 58.1 Å². The van der Waals surface area contributed by atoms with E-state index in [0.717, 1.165) is 39.8 Å². The second-order valence-corrected chi connectivity index (χ2v) is 6.97. The molecular formula is C23H31N4O6P. The molecule has 0 aliphatic carbocycles. The minimum Gasteiger partial charge on any atom is -0.459 e. The maximum absolute atomic E-state index is 12.6. The number of carbonyl (C=O) groups excluding carboxylic acids is 2. The second kappa shape index (κ2) is 15.5. The van der Waals surface area contributed by atoms with Gasteiger partial charge in [-0.3, -0.25) is 15.3 Å². The van der Waals surface area contributed by atoms with Crippen LogP contribution in [-0.2, 0) is 16.1 Å². The van der Waals surface area contributed by atoms with E-state index in [-0.39, 0.29) is 5.91 Å². The third kappa shape index (κ3) is 7.93. The molecule has 34 heavy (non-hydrogen) atoms. The lowest BCUT2D eigenvalue weighted by molar-refractivity contribution is -0.176. The molecule has 2 aromatic heterocycles. The Morgan fingerprint density at radius 1 is 1.26 bits per heavy atom. The Bertz CT molecular complexity index is 1090. The number of nitrogens with one attached hydrogen (secondary N) is 2. The van der Waals surface area contributed by atoms with Crippen LogP contribution in [0.2, 0.25) is 0 Å². The molecule has 1 aromatic carbocycles. The van der Waals surface area contributed by atoms with Crippen molar-refractivity contribution >= 4 is 50.2 Å². The van der Waals surface area contributed by atoms with E-state index in [1.54, 1.807) is 31.3 Å². The molecule has 5 N–H and O–H groups in total. The van der Waals surface area contributed by atoms with E-state index >= 15 is 0 Å². The first-order valence-corrected chi connectivity index (χ1v) is 10.8. The number of furan rings is 1. The summed E-state index contributed by atoms with van der Waals surface area (Å²) >= 11 is 0. The summed E-state index contributed by atoms with van der Waals surface area (Å²) < 4.78 is 5.90. The van der Waals surface area contributed by atoms with E-state index in [4.69, 9.17) is 19.8 Å². The van der Waals surface area contributed by atoms with Crippen molar-refractivity contribution in [3.05, 3.63) is 59.5 Å². The first-order valence-electron chi connectivity index (χ1n) is 10.2. The van der Waals surface area contributed by atoms with Crippen molar-refractivity contribution in [1.29, 1.82) is 0 Å². The number of aromatic nitrogens is 1. The Labute approximate surface area is 200 Å². The lowest BCUT2D eigenvalue weighted by atomic mass is 10.1. The van der Waals surface area contributed by atoms with E-state index in [1.807, 2.05) is 37.3 Å². The topological polar surface area (TPSA) is 148 Å². The Balaban J connectivity index is 0.00000137. The average Bonchev–Trinajstić information content (AvgIpc) is 3.20. The van der Waals surface area contributed by atoms with Crippen molar-refractivity contribution in [3.8, 4) is 0 Å². The summed E-state index contributed by atoms with van der Waals surface area (Å²) in [5, 5.41) is 19.2. The molecule has 3 rings (SSSR count). The van der Waals surface area contributed by atoms with Crippen LogP contribution in [0, 0.1) is 6.92 Å². The molecule has 1 amide bonds. The number of benzene rings is 1. The molecule has 0 aliphatic heterocycles. The number of nitrogens with zero attached hydrogens (tertiary/aromatic N) is 2. The molecule has 0 fully saturated rings. The fourth-order valence-corrected chi connectivity index (χ4v) is 3.14. The van der Waals surface area contributed by atoms with Gasteiger partial charge in [-0.25, -0.2) is 4.98 Å². The number of fused-ring (bicyclic) bond motifs is 1. The molecule has 0 bridgehead atoms. The van der Waals surface area contributed by atoms with Gasteiger partial charge in [-0.2, -0.15) is 0 Å². The predicted octanol–water partition coefficient (Wildman–Crippen LogP) is 3.64. The van der Waals surface area contributed by atoms with Gasteiger partial charge in [0.05, 0.1) is 12.2 Å². The highest BCUT2D eigenvalue weighted by molar-refractivity contribution is 7.08.